The van der Waals surface area contributed by atoms with Crippen molar-refractivity contribution < 1.29 is 9.90 Å². The van der Waals surface area contributed by atoms with E-state index in [1.165, 1.54) is 32.1 Å². The largest absolute Gasteiger partial charge is 0.390 e. The zero-order chi connectivity index (χ0) is 15.8. The predicted molar refractivity (Wildman–Crippen MR) is 87.4 cm³/mol. The van der Waals surface area contributed by atoms with E-state index in [2.05, 4.69) is 20.8 Å². The fourth-order valence-electron chi connectivity index (χ4n) is 7.29. The van der Waals surface area contributed by atoms with Crippen molar-refractivity contribution in [2.45, 2.75) is 84.2 Å². The number of hydrogen-bond acceptors (Lipinski definition) is 2. The smallest absolute Gasteiger partial charge is 0.133 e. The van der Waals surface area contributed by atoms with E-state index in [0.29, 0.717) is 23.0 Å². The summed E-state index contributed by atoms with van der Waals surface area (Å²) in [6.45, 7) is 6.94. The Morgan fingerprint density at radius 2 is 1.68 bits per heavy atom. The Morgan fingerprint density at radius 1 is 0.955 bits per heavy atom. The van der Waals surface area contributed by atoms with E-state index in [4.69, 9.17) is 0 Å². The molecule has 0 bridgehead atoms. The van der Waals surface area contributed by atoms with Crippen LogP contribution in [0.15, 0.2) is 0 Å². The third kappa shape index (κ3) is 1.79. The fraction of sp³-hybridized carbons (Fsp3) is 0.950. The number of fused-ring (bicyclic) bond motifs is 5. The van der Waals surface area contributed by atoms with Crippen molar-refractivity contribution in [1.29, 1.82) is 0 Å². The van der Waals surface area contributed by atoms with Gasteiger partial charge in [-0.15, -0.1) is 0 Å². The molecule has 0 aromatic heterocycles. The lowest BCUT2D eigenvalue weighted by atomic mass is 9.44. The first-order valence-electron chi connectivity index (χ1n) is 9.52. The highest BCUT2D eigenvalue weighted by atomic mass is 16.3. The summed E-state index contributed by atoms with van der Waals surface area (Å²) in [5.74, 6) is 3.44. The molecule has 0 amide bonds. The number of hydrogen-bond donors (Lipinski definition) is 1. The van der Waals surface area contributed by atoms with Gasteiger partial charge in [0.05, 0.1) is 5.60 Å². The maximum atomic E-state index is 11.9. The molecule has 4 fully saturated rings. The molecule has 0 radical (unpaired) electrons. The van der Waals surface area contributed by atoms with Gasteiger partial charge in [0.1, 0.15) is 5.78 Å². The SMILES string of the molecule is CC12CCC(=O)C[C@@H]1CC[C@@H]1[C@@H]2CCC2(C)[C@H]1CC[C@]2(C)O. The second-order valence-corrected chi connectivity index (χ2v) is 9.67. The molecule has 4 aliphatic carbocycles. The average Bonchev–Trinajstić information content (AvgIpc) is 2.70. The van der Waals surface area contributed by atoms with Crippen LogP contribution in [0, 0.1) is 34.5 Å². The molecule has 22 heavy (non-hydrogen) atoms. The van der Waals surface area contributed by atoms with Gasteiger partial charge in [0.15, 0.2) is 0 Å². The first-order valence-corrected chi connectivity index (χ1v) is 9.52. The van der Waals surface area contributed by atoms with Gasteiger partial charge in [0, 0.05) is 12.8 Å². The van der Waals surface area contributed by atoms with Gasteiger partial charge in [-0.25, -0.2) is 0 Å². The molecule has 0 aromatic carbocycles. The van der Waals surface area contributed by atoms with Gasteiger partial charge in [-0.3, -0.25) is 4.79 Å². The number of rotatable bonds is 0. The van der Waals surface area contributed by atoms with E-state index < -0.39 is 5.60 Å². The summed E-state index contributed by atoms with van der Waals surface area (Å²) >= 11 is 0. The van der Waals surface area contributed by atoms with Crippen LogP contribution < -0.4 is 0 Å². The van der Waals surface area contributed by atoms with Crippen LogP contribution in [0.4, 0.5) is 0 Å². The second-order valence-electron chi connectivity index (χ2n) is 9.67. The van der Waals surface area contributed by atoms with Crippen LogP contribution in [-0.4, -0.2) is 16.5 Å². The van der Waals surface area contributed by atoms with Crippen LogP contribution in [0.5, 0.6) is 0 Å². The monoisotopic (exact) mass is 304 g/mol. The van der Waals surface area contributed by atoms with Crippen molar-refractivity contribution in [2.24, 2.45) is 34.5 Å². The van der Waals surface area contributed by atoms with Crippen LogP contribution in [0.1, 0.15) is 78.6 Å². The van der Waals surface area contributed by atoms with Gasteiger partial charge in [0.25, 0.3) is 0 Å². The Kier molecular flexibility index (Phi) is 3.16. The minimum absolute atomic E-state index is 0.127. The topological polar surface area (TPSA) is 37.3 Å². The van der Waals surface area contributed by atoms with E-state index in [9.17, 15) is 9.90 Å². The Balaban J connectivity index is 1.65. The maximum absolute atomic E-state index is 11.9. The zero-order valence-corrected chi connectivity index (χ0v) is 14.5. The minimum atomic E-state index is -0.469. The van der Waals surface area contributed by atoms with Crippen LogP contribution in [-0.2, 0) is 4.79 Å². The molecule has 0 spiro atoms. The number of Topliss-reactive ketones (excluding diaryl/α,β-unsaturated/α-hetero) is 1. The number of carbonyl (C=O) groups is 1. The van der Waals surface area contributed by atoms with Crippen LogP contribution in [0.2, 0.25) is 0 Å². The van der Waals surface area contributed by atoms with Crippen molar-refractivity contribution in [2.75, 3.05) is 0 Å². The van der Waals surface area contributed by atoms with E-state index in [1.807, 2.05) is 0 Å². The highest BCUT2D eigenvalue weighted by Gasteiger charge is 2.63. The summed E-state index contributed by atoms with van der Waals surface area (Å²) in [6, 6.07) is 0. The Morgan fingerprint density at radius 3 is 2.45 bits per heavy atom. The van der Waals surface area contributed by atoms with Crippen LogP contribution in [0.3, 0.4) is 0 Å². The molecule has 7 atom stereocenters. The summed E-state index contributed by atoms with van der Waals surface area (Å²) < 4.78 is 0. The number of ketones is 1. The van der Waals surface area contributed by atoms with E-state index in [-0.39, 0.29) is 5.41 Å². The molecule has 1 N–H and O–H groups in total. The second kappa shape index (κ2) is 4.59. The van der Waals surface area contributed by atoms with Gasteiger partial charge in [-0.2, -0.15) is 0 Å². The van der Waals surface area contributed by atoms with Crippen molar-refractivity contribution in [3.05, 3.63) is 0 Å². The quantitative estimate of drug-likeness (QED) is 0.722. The first kappa shape index (κ1) is 15.2. The molecule has 2 unspecified atom stereocenters. The van der Waals surface area contributed by atoms with Crippen molar-refractivity contribution in [3.63, 3.8) is 0 Å². The molecule has 4 saturated carbocycles. The van der Waals surface area contributed by atoms with Gasteiger partial charge in [-0.05, 0) is 86.4 Å². The standard InChI is InChI=1S/C20H32O2/c1-18-9-6-14(21)12-13(18)4-5-15-16(18)7-10-19(2)17(15)8-11-20(19,3)22/h13,15-17,22H,4-12H2,1-3H3/t13-,15+,16-,17-,18?,19?,20-/m0/s1. The Hall–Kier alpha value is -0.370. The van der Waals surface area contributed by atoms with Crippen molar-refractivity contribution >= 4 is 5.78 Å². The lowest BCUT2D eigenvalue weighted by molar-refractivity contribution is -0.152. The molecule has 0 aliphatic heterocycles. The first-order chi connectivity index (χ1) is 10.3. The van der Waals surface area contributed by atoms with Gasteiger partial charge < -0.3 is 5.11 Å². The van der Waals surface area contributed by atoms with E-state index in [0.717, 1.165) is 37.5 Å². The molecule has 0 heterocycles. The fourth-order valence-corrected chi connectivity index (χ4v) is 7.29. The lowest BCUT2D eigenvalue weighted by Crippen LogP contribution is -2.55. The van der Waals surface area contributed by atoms with Gasteiger partial charge >= 0.3 is 0 Å². The highest BCUT2D eigenvalue weighted by molar-refractivity contribution is 5.79. The molecule has 4 aliphatic rings. The molecular formula is C20H32O2. The summed E-state index contributed by atoms with van der Waals surface area (Å²) in [7, 11) is 0. The summed E-state index contributed by atoms with van der Waals surface area (Å²) in [5, 5.41) is 10.9. The predicted octanol–water partition coefficient (Wildman–Crippen LogP) is 4.35. The van der Waals surface area contributed by atoms with Crippen molar-refractivity contribution in [1.82, 2.24) is 0 Å². The van der Waals surface area contributed by atoms with Crippen LogP contribution in [0.25, 0.3) is 0 Å². The van der Waals surface area contributed by atoms with Gasteiger partial charge in [-0.1, -0.05) is 13.8 Å². The molecule has 0 saturated heterocycles. The van der Waals surface area contributed by atoms with Gasteiger partial charge in [0.2, 0.25) is 0 Å². The molecule has 2 nitrogen and oxygen atoms in total. The number of carbonyl (C=O) groups excluding carboxylic acids is 1. The molecule has 2 heteroatoms. The zero-order valence-electron chi connectivity index (χ0n) is 14.5. The minimum Gasteiger partial charge on any atom is -0.390 e. The summed E-state index contributed by atoms with van der Waals surface area (Å²) in [6.07, 6.45) is 9.98. The molecule has 124 valence electrons. The maximum Gasteiger partial charge on any atom is 0.133 e. The average molecular weight is 304 g/mol. The Labute approximate surface area is 135 Å². The molecule has 4 rings (SSSR count). The summed E-state index contributed by atoms with van der Waals surface area (Å²) in [5.41, 5.74) is 0.0530. The van der Waals surface area contributed by atoms with Crippen LogP contribution >= 0.6 is 0 Å². The third-order valence-electron chi connectivity index (χ3n) is 9.04. The normalized spacial score (nSPS) is 57.9. The van der Waals surface area contributed by atoms with E-state index in [1.54, 1.807) is 0 Å². The Bertz CT molecular complexity index is 496. The highest BCUT2D eigenvalue weighted by Crippen LogP contribution is 2.67. The molecule has 0 aromatic rings. The molecular weight excluding hydrogens is 272 g/mol. The van der Waals surface area contributed by atoms with Crippen molar-refractivity contribution in [3.8, 4) is 0 Å². The van der Waals surface area contributed by atoms with E-state index >= 15 is 0 Å². The third-order valence-corrected chi connectivity index (χ3v) is 9.04. The lowest BCUT2D eigenvalue weighted by Gasteiger charge is -2.60. The summed E-state index contributed by atoms with van der Waals surface area (Å²) in [4.78, 5) is 11.9. The number of aliphatic hydroxyl groups is 1.